The van der Waals surface area contributed by atoms with E-state index in [-0.39, 0.29) is 30.1 Å². The van der Waals surface area contributed by atoms with Gasteiger partial charge in [-0.3, -0.25) is 4.99 Å². The average Bonchev–Trinajstić information content (AvgIpc) is 2.57. The summed E-state index contributed by atoms with van der Waals surface area (Å²) in [5.74, 6) is 2.29. The minimum Gasteiger partial charge on any atom is -0.444 e. The van der Waals surface area contributed by atoms with Crippen LogP contribution in [-0.2, 0) is 4.74 Å². The molecule has 2 atom stereocenters. The highest BCUT2D eigenvalue weighted by molar-refractivity contribution is 14.0. The maximum atomic E-state index is 12.3. The molecule has 2 unspecified atom stereocenters. The van der Waals surface area contributed by atoms with Crippen LogP contribution in [0.4, 0.5) is 4.79 Å². The Labute approximate surface area is 182 Å². The second-order valence-electron chi connectivity index (χ2n) is 8.89. The number of nitrogens with one attached hydrogen (secondary N) is 1. The first kappa shape index (κ1) is 24.3. The molecule has 2 fully saturated rings. The number of guanidine groups is 1. The van der Waals surface area contributed by atoms with Gasteiger partial charge in [0.2, 0.25) is 0 Å². The largest absolute Gasteiger partial charge is 0.444 e. The maximum absolute atomic E-state index is 12.3. The fraction of sp³-hybridized carbons (Fsp3) is 0.900. The van der Waals surface area contributed by atoms with Crippen molar-refractivity contribution in [2.45, 2.75) is 65.4 Å². The Hall–Kier alpha value is -0.730. The number of halogens is 1. The van der Waals surface area contributed by atoms with Gasteiger partial charge in [-0.25, -0.2) is 4.79 Å². The Morgan fingerprint density at radius 3 is 2.44 bits per heavy atom. The van der Waals surface area contributed by atoms with Crippen LogP contribution in [0, 0.1) is 11.8 Å². The van der Waals surface area contributed by atoms with Gasteiger partial charge in [0.25, 0.3) is 0 Å². The van der Waals surface area contributed by atoms with Gasteiger partial charge in [0, 0.05) is 39.8 Å². The Bertz CT molecular complexity index is 493. The smallest absolute Gasteiger partial charge is 0.410 e. The zero-order valence-electron chi connectivity index (χ0n) is 17.8. The van der Waals surface area contributed by atoms with E-state index in [2.05, 4.69) is 22.1 Å². The molecule has 1 amide bonds. The average molecular weight is 494 g/mol. The van der Waals surface area contributed by atoms with E-state index < -0.39 is 5.60 Å². The number of rotatable bonds is 3. The number of carbonyl (C=O) groups excluding carboxylic acids is 1. The molecule has 0 bridgehead atoms. The molecule has 2 aliphatic rings. The molecule has 0 radical (unpaired) electrons. The summed E-state index contributed by atoms with van der Waals surface area (Å²) in [5, 5.41) is 3.53. The zero-order chi connectivity index (χ0) is 19.2. The molecule has 7 heteroatoms. The van der Waals surface area contributed by atoms with E-state index in [1.807, 2.05) is 32.7 Å². The molecule has 158 valence electrons. The molecule has 0 aromatic rings. The highest BCUT2D eigenvalue weighted by Crippen LogP contribution is 2.21. The van der Waals surface area contributed by atoms with Crippen molar-refractivity contribution in [3.63, 3.8) is 0 Å². The minimum atomic E-state index is -0.427. The van der Waals surface area contributed by atoms with Gasteiger partial charge in [-0.2, -0.15) is 0 Å². The van der Waals surface area contributed by atoms with E-state index in [0.29, 0.717) is 5.92 Å². The Kier molecular flexibility index (Phi) is 10.2. The highest BCUT2D eigenvalue weighted by atomic mass is 127. The van der Waals surface area contributed by atoms with Crippen LogP contribution in [0.25, 0.3) is 0 Å². The molecule has 2 aliphatic heterocycles. The third-order valence-corrected chi connectivity index (χ3v) is 5.17. The highest BCUT2D eigenvalue weighted by Gasteiger charge is 2.27. The molecule has 2 saturated heterocycles. The first-order valence-corrected chi connectivity index (χ1v) is 10.2. The molecule has 0 spiro atoms. The summed E-state index contributed by atoms with van der Waals surface area (Å²) >= 11 is 0. The monoisotopic (exact) mass is 494 g/mol. The first-order valence-electron chi connectivity index (χ1n) is 10.2. The topological polar surface area (TPSA) is 57.2 Å². The van der Waals surface area contributed by atoms with Crippen molar-refractivity contribution in [2.24, 2.45) is 16.8 Å². The quantitative estimate of drug-likeness (QED) is 0.367. The lowest BCUT2D eigenvalue weighted by molar-refractivity contribution is 0.0162. The summed E-state index contributed by atoms with van der Waals surface area (Å²) < 4.78 is 5.52. The Balaban J connectivity index is 0.00000364. The number of nitrogens with zero attached hydrogens (tertiary/aromatic N) is 3. The number of likely N-dealkylation sites (tertiary alicyclic amines) is 2. The van der Waals surface area contributed by atoms with Crippen molar-refractivity contribution in [3.05, 3.63) is 0 Å². The number of aliphatic imine (C=N–C) groups is 1. The van der Waals surface area contributed by atoms with Crippen LogP contribution in [0.15, 0.2) is 4.99 Å². The number of amides is 1. The fourth-order valence-electron chi connectivity index (χ4n) is 3.90. The van der Waals surface area contributed by atoms with E-state index in [1.165, 1.54) is 19.3 Å². The van der Waals surface area contributed by atoms with Crippen molar-refractivity contribution < 1.29 is 9.53 Å². The van der Waals surface area contributed by atoms with Gasteiger partial charge in [0.1, 0.15) is 5.60 Å². The summed E-state index contributed by atoms with van der Waals surface area (Å²) in [6, 6.07) is 0. The number of ether oxygens (including phenoxy) is 1. The Morgan fingerprint density at radius 1 is 1.15 bits per heavy atom. The molecule has 6 nitrogen and oxygen atoms in total. The maximum Gasteiger partial charge on any atom is 0.410 e. The van der Waals surface area contributed by atoms with Gasteiger partial charge in [0.05, 0.1) is 0 Å². The van der Waals surface area contributed by atoms with E-state index in [0.717, 1.165) is 57.4 Å². The number of hydrogen-bond acceptors (Lipinski definition) is 3. The van der Waals surface area contributed by atoms with Crippen LogP contribution in [0.3, 0.4) is 0 Å². The summed E-state index contributed by atoms with van der Waals surface area (Å²) in [7, 11) is 1.87. The molecular formula is C20H39IN4O2. The van der Waals surface area contributed by atoms with E-state index in [4.69, 9.17) is 4.74 Å². The van der Waals surface area contributed by atoms with Crippen molar-refractivity contribution in [2.75, 3.05) is 39.8 Å². The standard InChI is InChI=1S/C20H38N4O2.HI/c1-16-8-6-12-23(14-16)18(21-5)22-11-10-17-9-7-13-24(15-17)19(25)26-20(2,3)4;/h16-17H,6-15H2,1-5H3,(H,21,22);1H. The van der Waals surface area contributed by atoms with Gasteiger partial charge >= 0.3 is 6.09 Å². The SMILES string of the molecule is CN=C(NCCC1CCCN(C(=O)OC(C)(C)C)C1)N1CCCC(C)C1.I. The molecule has 0 aromatic carbocycles. The van der Waals surface area contributed by atoms with Gasteiger partial charge < -0.3 is 19.9 Å². The number of hydrogen-bond donors (Lipinski definition) is 1. The second kappa shape index (κ2) is 11.3. The van der Waals surface area contributed by atoms with Gasteiger partial charge in [-0.05, 0) is 64.7 Å². The van der Waals surface area contributed by atoms with E-state index in [9.17, 15) is 4.79 Å². The summed E-state index contributed by atoms with van der Waals surface area (Å²) in [6.45, 7) is 12.8. The van der Waals surface area contributed by atoms with Crippen LogP contribution in [0.1, 0.15) is 59.8 Å². The summed E-state index contributed by atoms with van der Waals surface area (Å²) in [6.07, 6.45) is 5.68. The molecule has 0 aromatic heterocycles. The van der Waals surface area contributed by atoms with Crippen LogP contribution in [0.2, 0.25) is 0 Å². The van der Waals surface area contributed by atoms with E-state index in [1.54, 1.807) is 0 Å². The van der Waals surface area contributed by atoms with Gasteiger partial charge in [-0.15, -0.1) is 24.0 Å². The predicted octanol–water partition coefficient (Wildman–Crippen LogP) is 3.95. The Morgan fingerprint density at radius 2 is 1.81 bits per heavy atom. The van der Waals surface area contributed by atoms with E-state index >= 15 is 0 Å². The molecule has 2 heterocycles. The molecule has 1 N–H and O–H groups in total. The summed E-state index contributed by atoms with van der Waals surface area (Å²) in [4.78, 5) is 21.0. The van der Waals surface area contributed by atoms with Crippen molar-refractivity contribution in [1.82, 2.24) is 15.1 Å². The van der Waals surface area contributed by atoms with Crippen LogP contribution in [-0.4, -0.2) is 67.2 Å². The van der Waals surface area contributed by atoms with Crippen LogP contribution >= 0.6 is 24.0 Å². The third-order valence-electron chi connectivity index (χ3n) is 5.17. The minimum absolute atomic E-state index is 0. The van der Waals surface area contributed by atoms with Crippen LogP contribution in [0.5, 0.6) is 0 Å². The zero-order valence-corrected chi connectivity index (χ0v) is 20.1. The number of carbonyl (C=O) groups is 1. The molecule has 0 saturated carbocycles. The third kappa shape index (κ3) is 8.44. The second-order valence-corrected chi connectivity index (χ2v) is 8.89. The lowest BCUT2D eigenvalue weighted by Crippen LogP contribution is -2.47. The molecule has 27 heavy (non-hydrogen) atoms. The lowest BCUT2D eigenvalue weighted by atomic mass is 9.95. The normalized spacial score (nSPS) is 24.3. The van der Waals surface area contributed by atoms with Crippen molar-refractivity contribution in [1.29, 1.82) is 0 Å². The van der Waals surface area contributed by atoms with Gasteiger partial charge in [0.15, 0.2) is 5.96 Å². The van der Waals surface area contributed by atoms with Gasteiger partial charge in [-0.1, -0.05) is 6.92 Å². The van der Waals surface area contributed by atoms with Crippen molar-refractivity contribution in [3.8, 4) is 0 Å². The lowest BCUT2D eigenvalue weighted by Gasteiger charge is -2.35. The fourth-order valence-corrected chi connectivity index (χ4v) is 3.90. The molecular weight excluding hydrogens is 455 g/mol. The predicted molar refractivity (Wildman–Crippen MR) is 122 cm³/mol. The molecule has 0 aliphatic carbocycles. The summed E-state index contributed by atoms with van der Waals surface area (Å²) in [5.41, 5.74) is -0.427. The number of piperidine rings is 2. The molecule has 2 rings (SSSR count). The van der Waals surface area contributed by atoms with Crippen LogP contribution < -0.4 is 5.32 Å². The van der Waals surface area contributed by atoms with Crippen molar-refractivity contribution >= 4 is 36.0 Å². The first-order chi connectivity index (χ1) is 12.3.